The number of nitrogens with two attached hydrogens (primary N) is 1. The lowest BCUT2D eigenvalue weighted by molar-refractivity contribution is -0.122. The van der Waals surface area contributed by atoms with E-state index in [1.807, 2.05) is 0 Å². The lowest BCUT2D eigenvalue weighted by Gasteiger charge is -2.44. The number of hydrogen-bond acceptors (Lipinski definition) is 9. The van der Waals surface area contributed by atoms with E-state index in [9.17, 15) is 14.1 Å². The van der Waals surface area contributed by atoms with E-state index in [0.717, 1.165) is 32.5 Å². The second kappa shape index (κ2) is 9.29. The molecule has 2 bridgehead atoms. The highest BCUT2D eigenvalue weighted by atomic mass is 19.1. The standard InChI is InChI=1S/C19H28FN7O3/c20-12-7-23-18(24-8-12)16(17(21)26-29)19(28)25-13-9-22-4-1-14(13)30-15-10-27-5-2-11(15)3-6-27/h1,4,9,11-12,15-18,23-24H,2-3,5-8,10,21H2,(H,25,28). The third-order valence-corrected chi connectivity index (χ3v) is 6.18. The Balaban J connectivity index is 1.47. The Bertz CT molecular complexity index is 753. The van der Waals surface area contributed by atoms with Crippen LogP contribution in [0.25, 0.3) is 0 Å². The number of fused-ring (bicyclic) bond motifs is 3. The number of halogens is 1. The smallest absolute Gasteiger partial charge is 0.234 e. The minimum atomic E-state index is -1.30. The van der Waals surface area contributed by atoms with Gasteiger partial charge < -0.3 is 15.8 Å². The molecule has 4 aliphatic rings. The summed E-state index contributed by atoms with van der Waals surface area (Å²) in [6.45, 7) is 3.19. The number of anilines is 1. The summed E-state index contributed by atoms with van der Waals surface area (Å²) in [7, 11) is 0. The normalized spacial score (nSPS) is 32.8. The van der Waals surface area contributed by atoms with Gasteiger partial charge in [0.1, 0.15) is 29.6 Å². The molecule has 1 aromatic rings. The molecule has 5 rings (SSSR count). The number of nitrogens with zero attached hydrogens (tertiary/aromatic N) is 3. The summed E-state index contributed by atoms with van der Waals surface area (Å²) in [6, 6.07) is 1.71. The molecule has 1 aromatic heterocycles. The maximum absolute atomic E-state index is 13.4. The number of alkyl halides is 1. The quantitative estimate of drug-likeness (QED) is 0.453. The van der Waals surface area contributed by atoms with Crippen LogP contribution < -0.4 is 26.4 Å². The molecule has 3 unspecified atom stereocenters. The Morgan fingerprint density at radius 1 is 1.37 bits per heavy atom. The van der Waals surface area contributed by atoms with Gasteiger partial charge in [0, 0.05) is 31.9 Å². The molecular weight excluding hydrogens is 393 g/mol. The Morgan fingerprint density at radius 2 is 2.10 bits per heavy atom. The van der Waals surface area contributed by atoms with Crippen LogP contribution in [-0.2, 0) is 4.79 Å². The second-order valence-electron chi connectivity index (χ2n) is 8.17. The van der Waals surface area contributed by atoms with Crippen molar-refractivity contribution >= 4 is 11.6 Å². The molecule has 4 fully saturated rings. The largest absolute Gasteiger partial charge is 0.487 e. The van der Waals surface area contributed by atoms with Gasteiger partial charge in [-0.25, -0.2) is 4.39 Å². The van der Waals surface area contributed by atoms with Crippen LogP contribution in [0.3, 0.4) is 0 Å². The van der Waals surface area contributed by atoms with E-state index in [1.54, 1.807) is 12.3 Å². The van der Waals surface area contributed by atoms with Crippen molar-refractivity contribution in [2.24, 2.45) is 22.7 Å². The monoisotopic (exact) mass is 421 g/mol. The van der Waals surface area contributed by atoms with Gasteiger partial charge in [0.2, 0.25) is 5.91 Å². The minimum absolute atomic E-state index is 0.0587. The van der Waals surface area contributed by atoms with Crippen LogP contribution in [0.4, 0.5) is 10.1 Å². The highest BCUT2D eigenvalue weighted by Crippen LogP contribution is 2.33. The van der Waals surface area contributed by atoms with Crippen molar-refractivity contribution in [3.05, 3.63) is 23.4 Å². The third-order valence-electron chi connectivity index (χ3n) is 6.18. The maximum atomic E-state index is 13.4. The maximum Gasteiger partial charge on any atom is 0.234 e. The molecule has 11 heteroatoms. The molecule has 5 heterocycles. The molecule has 5 N–H and O–H groups in total. The van der Waals surface area contributed by atoms with Gasteiger partial charge in [0.15, 0.2) is 6.17 Å². The summed E-state index contributed by atoms with van der Waals surface area (Å²) in [6.07, 6.45) is 2.33. The SMILES string of the molecule is NC(N=O)C(C(=O)Nc1cnccc1OC1CN2CCC1CC2)C1NCC(F)CN1. The zero-order chi connectivity index (χ0) is 21.1. The van der Waals surface area contributed by atoms with E-state index in [4.69, 9.17) is 10.5 Å². The van der Waals surface area contributed by atoms with Gasteiger partial charge in [-0.3, -0.25) is 25.3 Å². The lowest BCUT2D eigenvalue weighted by Crippen LogP contribution is -2.62. The molecule has 0 aromatic carbocycles. The van der Waals surface area contributed by atoms with Crippen molar-refractivity contribution in [2.75, 3.05) is 38.0 Å². The van der Waals surface area contributed by atoms with E-state index in [0.29, 0.717) is 17.4 Å². The number of carbonyl (C=O) groups is 1. The minimum Gasteiger partial charge on any atom is -0.487 e. The first-order chi connectivity index (χ1) is 14.5. The molecule has 0 saturated carbocycles. The van der Waals surface area contributed by atoms with Gasteiger partial charge in [-0.2, -0.15) is 0 Å². The van der Waals surface area contributed by atoms with Crippen molar-refractivity contribution in [3.63, 3.8) is 0 Å². The Kier molecular flexibility index (Phi) is 6.52. The van der Waals surface area contributed by atoms with Gasteiger partial charge in [0.05, 0.1) is 12.4 Å². The molecule has 1 amide bonds. The average molecular weight is 421 g/mol. The van der Waals surface area contributed by atoms with Crippen LogP contribution in [0.2, 0.25) is 0 Å². The summed E-state index contributed by atoms with van der Waals surface area (Å²) in [4.78, 5) is 30.6. The number of nitroso groups, excluding NO2 is 1. The second-order valence-corrected chi connectivity index (χ2v) is 8.17. The van der Waals surface area contributed by atoms with Gasteiger partial charge in [0.25, 0.3) is 0 Å². The number of carbonyl (C=O) groups excluding carboxylic acids is 1. The molecule has 4 aliphatic heterocycles. The van der Waals surface area contributed by atoms with Crippen LogP contribution in [0.15, 0.2) is 23.6 Å². The van der Waals surface area contributed by atoms with Gasteiger partial charge in [-0.1, -0.05) is 5.18 Å². The average Bonchev–Trinajstić information content (AvgIpc) is 2.77. The molecule has 4 saturated heterocycles. The molecular formula is C19H28FN7O3. The lowest BCUT2D eigenvalue weighted by atomic mass is 9.86. The van der Waals surface area contributed by atoms with Crippen LogP contribution in [-0.4, -0.2) is 73.1 Å². The van der Waals surface area contributed by atoms with Gasteiger partial charge in [-0.05, 0) is 31.8 Å². The molecule has 3 atom stereocenters. The molecule has 164 valence electrons. The predicted octanol–water partition coefficient (Wildman–Crippen LogP) is 0.0175. The zero-order valence-electron chi connectivity index (χ0n) is 16.7. The van der Waals surface area contributed by atoms with Crippen LogP contribution >= 0.6 is 0 Å². The van der Waals surface area contributed by atoms with E-state index < -0.39 is 30.3 Å². The summed E-state index contributed by atoms with van der Waals surface area (Å²) in [5.41, 5.74) is 6.20. The van der Waals surface area contributed by atoms with E-state index in [2.05, 4.69) is 31.0 Å². The molecule has 0 radical (unpaired) electrons. The van der Waals surface area contributed by atoms with Crippen LogP contribution in [0.1, 0.15) is 12.8 Å². The highest BCUT2D eigenvalue weighted by molar-refractivity contribution is 5.94. The van der Waals surface area contributed by atoms with E-state index in [1.165, 1.54) is 6.20 Å². The van der Waals surface area contributed by atoms with Crippen LogP contribution in [0.5, 0.6) is 5.75 Å². The molecule has 0 aliphatic carbocycles. The zero-order valence-corrected chi connectivity index (χ0v) is 16.7. The molecule has 0 spiro atoms. The number of ether oxygens (including phenoxy) is 1. The number of hydrogen-bond donors (Lipinski definition) is 4. The third kappa shape index (κ3) is 4.59. The Hall–Kier alpha value is -2.21. The fourth-order valence-corrected chi connectivity index (χ4v) is 4.48. The van der Waals surface area contributed by atoms with E-state index >= 15 is 0 Å². The van der Waals surface area contributed by atoms with E-state index in [-0.39, 0.29) is 19.2 Å². The number of amides is 1. The fraction of sp³-hybridized carbons (Fsp3) is 0.684. The molecule has 30 heavy (non-hydrogen) atoms. The number of rotatable bonds is 7. The van der Waals surface area contributed by atoms with Crippen molar-refractivity contribution in [1.82, 2.24) is 20.5 Å². The first-order valence-electron chi connectivity index (χ1n) is 10.4. The summed E-state index contributed by atoms with van der Waals surface area (Å²) in [5.74, 6) is -0.524. The Morgan fingerprint density at radius 3 is 2.73 bits per heavy atom. The number of piperidine rings is 3. The topological polar surface area (TPSA) is 134 Å². The van der Waals surface area contributed by atoms with Crippen molar-refractivity contribution in [1.29, 1.82) is 0 Å². The number of pyridine rings is 1. The first kappa shape index (κ1) is 21.0. The highest BCUT2D eigenvalue weighted by Gasteiger charge is 2.38. The summed E-state index contributed by atoms with van der Waals surface area (Å²) in [5, 5.41) is 11.3. The summed E-state index contributed by atoms with van der Waals surface area (Å²) >= 11 is 0. The van der Waals surface area contributed by atoms with Crippen molar-refractivity contribution < 1.29 is 13.9 Å². The first-order valence-corrected chi connectivity index (χ1v) is 10.4. The number of aromatic nitrogens is 1. The molecule has 10 nitrogen and oxygen atoms in total. The van der Waals surface area contributed by atoms with Crippen LogP contribution in [0, 0.1) is 16.7 Å². The summed E-state index contributed by atoms with van der Waals surface area (Å²) < 4.78 is 19.7. The predicted molar refractivity (Wildman–Crippen MR) is 108 cm³/mol. The van der Waals surface area contributed by atoms with Crippen molar-refractivity contribution in [3.8, 4) is 5.75 Å². The number of nitrogens with one attached hydrogen (secondary N) is 3. The van der Waals surface area contributed by atoms with Gasteiger partial charge >= 0.3 is 0 Å². The Labute approximate surface area is 174 Å². The van der Waals surface area contributed by atoms with Crippen molar-refractivity contribution in [2.45, 2.75) is 37.4 Å². The fourth-order valence-electron chi connectivity index (χ4n) is 4.48. The van der Waals surface area contributed by atoms with Gasteiger partial charge in [-0.15, -0.1) is 4.91 Å².